The Morgan fingerprint density at radius 1 is 1.31 bits per heavy atom. The quantitative estimate of drug-likeness (QED) is 0.794. The molecule has 2 amide bonds. The number of hydrogen-bond donors (Lipinski definition) is 1. The minimum atomic E-state index is -0.479. The zero-order valence-corrected chi connectivity index (χ0v) is 18.6. The number of benzene rings is 1. The second-order valence-corrected chi connectivity index (χ2v) is 9.99. The van der Waals surface area contributed by atoms with Gasteiger partial charge in [0.2, 0.25) is 5.91 Å². The van der Waals surface area contributed by atoms with Gasteiger partial charge in [0.1, 0.15) is 0 Å². The van der Waals surface area contributed by atoms with Crippen LogP contribution in [0.25, 0.3) is 0 Å². The van der Waals surface area contributed by atoms with Gasteiger partial charge in [0.05, 0.1) is 13.0 Å². The van der Waals surface area contributed by atoms with Crippen molar-refractivity contribution in [2.24, 2.45) is 11.3 Å². The number of likely N-dealkylation sites (tertiary alicyclic amines) is 1. The van der Waals surface area contributed by atoms with E-state index >= 15 is 0 Å². The highest BCUT2D eigenvalue weighted by molar-refractivity contribution is 5.80. The van der Waals surface area contributed by atoms with Crippen molar-refractivity contribution in [3.63, 3.8) is 0 Å². The lowest BCUT2D eigenvalue weighted by molar-refractivity contribution is -0.147. The lowest BCUT2D eigenvalue weighted by Crippen LogP contribution is -2.59. The van der Waals surface area contributed by atoms with E-state index in [-0.39, 0.29) is 22.7 Å². The van der Waals surface area contributed by atoms with Gasteiger partial charge in [0.25, 0.3) is 0 Å². The monoisotopic (exact) mass is 400 g/mol. The van der Waals surface area contributed by atoms with Gasteiger partial charge in [-0.05, 0) is 48.1 Å². The Morgan fingerprint density at radius 3 is 2.66 bits per heavy atom. The third kappa shape index (κ3) is 4.76. The molecule has 1 heterocycles. The molecule has 5 heteroatoms. The predicted molar refractivity (Wildman–Crippen MR) is 115 cm³/mol. The van der Waals surface area contributed by atoms with E-state index < -0.39 is 6.09 Å². The van der Waals surface area contributed by atoms with Crippen molar-refractivity contribution < 1.29 is 14.3 Å². The number of nitrogens with one attached hydrogen (secondary N) is 1. The summed E-state index contributed by atoms with van der Waals surface area (Å²) in [5, 5.41) is 2.67. The minimum Gasteiger partial charge on any atom is -0.453 e. The van der Waals surface area contributed by atoms with Crippen molar-refractivity contribution >= 4 is 12.0 Å². The van der Waals surface area contributed by atoms with Crippen molar-refractivity contribution in [3.05, 3.63) is 35.4 Å². The number of carbonyl (C=O) groups excluding carboxylic acids is 2. The maximum absolute atomic E-state index is 12.8. The van der Waals surface area contributed by atoms with Gasteiger partial charge in [-0.25, -0.2) is 4.79 Å². The van der Waals surface area contributed by atoms with Gasteiger partial charge in [0.15, 0.2) is 0 Å². The molecular weight excluding hydrogens is 364 g/mol. The number of nitrogens with zero attached hydrogens (tertiary/aromatic N) is 1. The summed E-state index contributed by atoms with van der Waals surface area (Å²) in [4.78, 5) is 26.1. The van der Waals surface area contributed by atoms with E-state index in [1.165, 1.54) is 37.5 Å². The summed E-state index contributed by atoms with van der Waals surface area (Å²) in [6.07, 6.45) is 3.80. The summed E-state index contributed by atoms with van der Waals surface area (Å²) in [6.45, 7) is 10.8. The van der Waals surface area contributed by atoms with Crippen molar-refractivity contribution in [1.82, 2.24) is 10.2 Å². The maximum atomic E-state index is 12.8. The molecule has 160 valence electrons. The van der Waals surface area contributed by atoms with Crippen molar-refractivity contribution in [2.75, 3.05) is 26.7 Å². The molecule has 2 atom stereocenters. The first kappa shape index (κ1) is 21.7. The zero-order chi connectivity index (χ0) is 21.2. The fourth-order valence-electron chi connectivity index (χ4n) is 4.90. The van der Waals surface area contributed by atoms with Gasteiger partial charge in [-0.15, -0.1) is 0 Å². The third-order valence-corrected chi connectivity index (χ3v) is 6.81. The first-order valence-corrected chi connectivity index (χ1v) is 10.9. The Morgan fingerprint density at radius 2 is 2.03 bits per heavy atom. The highest BCUT2D eigenvalue weighted by Gasteiger charge is 2.50. The molecule has 1 spiro atoms. The van der Waals surface area contributed by atoms with Crippen LogP contribution in [-0.2, 0) is 14.9 Å². The third-order valence-electron chi connectivity index (χ3n) is 6.81. The van der Waals surface area contributed by atoms with Crippen LogP contribution in [0.3, 0.4) is 0 Å². The number of hydrogen-bond acceptors (Lipinski definition) is 3. The maximum Gasteiger partial charge on any atom is 0.406 e. The van der Waals surface area contributed by atoms with Crippen LogP contribution in [0.2, 0.25) is 0 Å². The van der Waals surface area contributed by atoms with E-state index in [0.717, 1.165) is 13.1 Å². The Balaban J connectivity index is 1.56. The summed E-state index contributed by atoms with van der Waals surface area (Å²) >= 11 is 0. The van der Waals surface area contributed by atoms with Crippen molar-refractivity contribution in [1.29, 1.82) is 0 Å². The van der Waals surface area contributed by atoms with E-state index in [9.17, 15) is 9.59 Å². The lowest BCUT2D eigenvalue weighted by Gasteiger charge is -2.49. The van der Waals surface area contributed by atoms with Crippen molar-refractivity contribution in [3.8, 4) is 0 Å². The van der Waals surface area contributed by atoms with Crippen LogP contribution in [0.4, 0.5) is 4.79 Å². The fraction of sp³-hybridized carbons (Fsp3) is 0.667. The molecule has 1 N–H and O–H groups in total. The van der Waals surface area contributed by atoms with Crippen molar-refractivity contribution in [2.45, 2.75) is 64.7 Å². The molecular formula is C24H36N2O3. The van der Waals surface area contributed by atoms with Crippen LogP contribution in [0.15, 0.2) is 24.3 Å². The number of methoxy groups -OCH3 is 1. The lowest BCUT2D eigenvalue weighted by atomic mass is 9.76. The fourth-order valence-corrected chi connectivity index (χ4v) is 4.90. The molecule has 0 aromatic heterocycles. The van der Waals surface area contributed by atoms with E-state index in [1.54, 1.807) is 0 Å². The molecule has 0 bridgehead atoms. The zero-order valence-electron chi connectivity index (χ0n) is 18.6. The predicted octanol–water partition coefficient (Wildman–Crippen LogP) is 4.46. The van der Waals surface area contributed by atoms with Gasteiger partial charge in [-0.2, -0.15) is 0 Å². The number of carbonyl (C=O) groups is 2. The SMILES string of the molecule is CC[C@H](CNC(=O)OC)C(=O)N1CC2(CCC(c3cccc(C(C)(C)C)c3)C2)C1. The van der Waals surface area contributed by atoms with Crippen LogP contribution in [0, 0.1) is 11.3 Å². The number of alkyl carbamates (subject to hydrolysis) is 1. The Bertz CT molecular complexity index is 747. The van der Waals surface area contributed by atoms with Gasteiger partial charge >= 0.3 is 6.09 Å². The molecule has 1 aliphatic heterocycles. The van der Waals surface area contributed by atoms with Gasteiger partial charge in [0, 0.05) is 25.0 Å². The van der Waals surface area contributed by atoms with Crippen LogP contribution >= 0.6 is 0 Å². The largest absolute Gasteiger partial charge is 0.453 e. The molecule has 1 aromatic rings. The highest BCUT2D eigenvalue weighted by Crippen LogP contribution is 2.52. The van der Waals surface area contributed by atoms with Crippen LogP contribution in [0.1, 0.15) is 70.4 Å². The second-order valence-electron chi connectivity index (χ2n) is 9.99. The second kappa shape index (κ2) is 8.37. The normalized spacial score (nSPS) is 21.6. The molecule has 1 unspecified atom stereocenters. The summed E-state index contributed by atoms with van der Waals surface area (Å²) < 4.78 is 4.61. The number of ether oxygens (including phenoxy) is 1. The van der Waals surface area contributed by atoms with Gasteiger partial charge in [-0.1, -0.05) is 52.0 Å². The first-order valence-electron chi connectivity index (χ1n) is 10.9. The van der Waals surface area contributed by atoms with Gasteiger partial charge < -0.3 is 15.0 Å². The standard InChI is InChI=1S/C24H36N2O3/c1-6-17(14-25-22(28)29-5)21(27)26-15-24(16-26)11-10-19(13-24)18-8-7-9-20(12-18)23(2,3)4/h7-9,12,17,19H,6,10-11,13-16H2,1-5H3,(H,25,28)/t17-,19?/m1/s1. The topological polar surface area (TPSA) is 58.6 Å². The number of amides is 2. The average molecular weight is 401 g/mol. The molecule has 1 saturated carbocycles. The Hall–Kier alpha value is -2.04. The molecule has 2 fully saturated rings. The molecule has 1 aliphatic carbocycles. The van der Waals surface area contributed by atoms with E-state index in [4.69, 9.17) is 0 Å². The van der Waals surface area contributed by atoms with E-state index in [0.29, 0.717) is 18.9 Å². The van der Waals surface area contributed by atoms with Crippen LogP contribution in [-0.4, -0.2) is 43.6 Å². The average Bonchev–Trinajstić information content (AvgIpc) is 3.12. The summed E-state index contributed by atoms with van der Waals surface area (Å²) in [5.74, 6) is 0.581. The molecule has 5 nitrogen and oxygen atoms in total. The summed E-state index contributed by atoms with van der Waals surface area (Å²) in [7, 11) is 1.34. The first-order chi connectivity index (χ1) is 13.7. The molecule has 0 radical (unpaired) electrons. The summed E-state index contributed by atoms with van der Waals surface area (Å²) in [6, 6.07) is 9.08. The van der Waals surface area contributed by atoms with Crippen LogP contribution in [0.5, 0.6) is 0 Å². The molecule has 29 heavy (non-hydrogen) atoms. The van der Waals surface area contributed by atoms with Gasteiger partial charge in [-0.3, -0.25) is 4.79 Å². The highest BCUT2D eigenvalue weighted by atomic mass is 16.5. The molecule has 1 aromatic carbocycles. The smallest absolute Gasteiger partial charge is 0.406 e. The molecule has 2 aliphatic rings. The van der Waals surface area contributed by atoms with E-state index in [1.807, 2.05) is 11.8 Å². The summed E-state index contributed by atoms with van der Waals surface area (Å²) in [5.41, 5.74) is 3.30. The number of rotatable bonds is 5. The van der Waals surface area contributed by atoms with Crippen LogP contribution < -0.4 is 5.32 Å². The molecule has 1 saturated heterocycles. The minimum absolute atomic E-state index is 0.160. The molecule has 3 rings (SSSR count). The Kier molecular flexibility index (Phi) is 6.25. The van der Waals surface area contributed by atoms with E-state index in [2.05, 4.69) is 55.1 Å². The Labute approximate surface area is 175 Å².